The number of carboxylic acids is 1. The van der Waals surface area contributed by atoms with Crippen LogP contribution in [0.3, 0.4) is 0 Å². The minimum absolute atomic E-state index is 0.226. The highest BCUT2D eigenvalue weighted by atomic mass is 16.4. The van der Waals surface area contributed by atoms with Crippen LogP contribution in [0.4, 0.5) is 0 Å². The monoisotopic (exact) mass is 281 g/mol. The smallest absolute Gasteiger partial charge is 0.337 e. The highest BCUT2D eigenvalue weighted by Crippen LogP contribution is 2.33. The first-order chi connectivity index (χ1) is 10.2. The van der Waals surface area contributed by atoms with E-state index in [1.54, 1.807) is 12.3 Å². The summed E-state index contributed by atoms with van der Waals surface area (Å²) in [7, 11) is 0. The number of pyridine rings is 1. The first-order valence-electron chi connectivity index (χ1n) is 7.53. The summed E-state index contributed by atoms with van der Waals surface area (Å²) in [6.45, 7) is 0. The molecule has 1 aliphatic carbocycles. The summed E-state index contributed by atoms with van der Waals surface area (Å²) in [6, 6.07) is 10.2. The first kappa shape index (κ1) is 13.8. The van der Waals surface area contributed by atoms with Crippen LogP contribution >= 0.6 is 0 Å². The van der Waals surface area contributed by atoms with E-state index in [4.69, 9.17) is 5.11 Å². The molecule has 108 valence electrons. The van der Waals surface area contributed by atoms with Crippen LogP contribution in [0.15, 0.2) is 42.7 Å². The summed E-state index contributed by atoms with van der Waals surface area (Å²) in [5, 5.41) is 9.03. The molecule has 3 rings (SSSR count). The zero-order valence-electron chi connectivity index (χ0n) is 12.0. The van der Waals surface area contributed by atoms with Crippen molar-refractivity contribution >= 4 is 5.97 Å². The minimum Gasteiger partial charge on any atom is -0.478 e. The van der Waals surface area contributed by atoms with Gasteiger partial charge in [0.2, 0.25) is 0 Å². The number of benzene rings is 1. The van der Waals surface area contributed by atoms with E-state index < -0.39 is 5.97 Å². The van der Waals surface area contributed by atoms with Crippen LogP contribution in [-0.4, -0.2) is 16.1 Å². The quantitative estimate of drug-likeness (QED) is 0.901. The molecule has 1 aromatic carbocycles. The molecule has 1 aromatic heterocycles. The maximum Gasteiger partial charge on any atom is 0.337 e. The molecule has 3 heteroatoms. The highest BCUT2D eigenvalue weighted by Gasteiger charge is 2.15. The molecule has 0 saturated heterocycles. The van der Waals surface area contributed by atoms with Gasteiger partial charge in [0.05, 0.1) is 5.56 Å². The molecule has 3 nitrogen and oxygen atoms in total. The molecule has 0 amide bonds. The van der Waals surface area contributed by atoms with Gasteiger partial charge < -0.3 is 5.11 Å². The topological polar surface area (TPSA) is 50.2 Å². The van der Waals surface area contributed by atoms with Crippen molar-refractivity contribution in [2.24, 2.45) is 0 Å². The number of aromatic nitrogens is 1. The van der Waals surface area contributed by atoms with Gasteiger partial charge in [0.25, 0.3) is 0 Å². The Hall–Kier alpha value is -2.16. The first-order valence-corrected chi connectivity index (χ1v) is 7.53. The van der Waals surface area contributed by atoms with Crippen molar-refractivity contribution in [1.29, 1.82) is 0 Å². The largest absolute Gasteiger partial charge is 0.478 e. The lowest BCUT2D eigenvalue weighted by molar-refractivity contribution is 0.0696. The summed E-state index contributed by atoms with van der Waals surface area (Å²) >= 11 is 0. The average molecular weight is 281 g/mol. The fraction of sp³-hybridized carbons (Fsp3) is 0.333. The average Bonchev–Trinajstić information content (AvgIpc) is 2.56. The molecule has 1 saturated carbocycles. The third-order valence-corrected chi connectivity index (χ3v) is 4.31. The number of carbonyl (C=O) groups is 1. The number of hydrogen-bond donors (Lipinski definition) is 1. The Morgan fingerprint density at radius 2 is 1.71 bits per heavy atom. The predicted octanol–water partition coefficient (Wildman–Crippen LogP) is 4.49. The molecule has 0 atom stereocenters. The van der Waals surface area contributed by atoms with Crippen molar-refractivity contribution in [1.82, 2.24) is 4.98 Å². The number of hydrogen-bond acceptors (Lipinski definition) is 2. The van der Waals surface area contributed by atoms with E-state index in [2.05, 4.69) is 29.2 Å². The minimum atomic E-state index is -0.942. The van der Waals surface area contributed by atoms with E-state index in [-0.39, 0.29) is 5.56 Å². The van der Waals surface area contributed by atoms with Crippen molar-refractivity contribution in [3.8, 4) is 11.1 Å². The van der Waals surface area contributed by atoms with Crippen molar-refractivity contribution in [2.75, 3.05) is 0 Å². The second kappa shape index (κ2) is 6.08. The Balaban J connectivity index is 1.83. The van der Waals surface area contributed by atoms with Crippen molar-refractivity contribution < 1.29 is 9.90 Å². The molecule has 0 unspecified atom stereocenters. The summed E-state index contributed by atoms with van der Waals surface area (Å²) in [5.41, 5.74) is 3.50. The third-order valence-electron chi connectivity index (χ3n) is 4.31. The number of nitrogens with zero attached hydrogens (tertiary/aromatic N) is 1. The summed E-state index contributed by atoms with van der Waals surface area (Å²) in [4.78, 5) is 15.0. The fourth-order valence-electron chi connectivity index (χ4n) is 3.10. The Bertz CT molecular complexity index is 628. The van der Waals surface area contributed by atoms with Gasteiger partial charge in [-0.05, 0) is 36.0 Å². The third kappa shape index (κ3) is 3.13. The fourth-order valence-corrected chi connectivity index (χ4v) is 3.10. The van der Waals surface area contributed by atoms with Gasteiger partial charge in [-0.15, -0.1) is 0 Å². The second-order valence-electron chi connectivity index (χ2n) is 5.72. The maximum absolute atomic E-state index is 11.0. The molecule has 1 aliphatic rings. The summed E-state index contributed by atoms with van der Waals surface area (Å²) < 4.78 is 0. The SMILES string of the molecule is O=C(O)c1cncc(-c2ccc(C3CCCCC3)cc2)c1. The Morgan fingerprint density at radius 3 is 2.38 bits per heavy atom. The Labute approximate surface area is 124 Å². The molecule has 1 N–H and O–H groups in total. The van der Waals surface area contributed by atoms with Crippen LogP contribution in [0, 0.1) is 0 Å². The van der Waals surface area contributed by atoms with Gasteiger partial charge in [-0.25, -0.2) is 4.79 Å². The van der Waals surface area contributed by atoms with Crippen LogP contribution in [0.1, 0.15) is 53.9 Å². The highest BCUT2D eigenvalue weighted by molar-refractivity contribution is 5.88. The van der Waals surface area contributed by atoms with E-state index in [0.717, 1.165) is 11.1 Å². The molecule has 1 heterocycles. The Kier molecular flexibility index (Phi) is 4.00. The standard InChI is InChI=1S/C18H19NO2/c20-18(21)17-10-16(11-19-12-17)15-8-6-14(7-9-15)13-4-2-1-3-5-13/h6-13H,1-5H2,(H,20,21). The maximum atomic E-state index is 11.0. The summed E-state index contributed by atoms with van der Waals surface area (Å²) in [6.07, 6.45) is 9.69. The normalized spacial score (nSPS) is 15.8. The van der Waals surface area contributed by atoms with Gasteiger partial charge in [0.15, 0.2) is 0 Å². The number of carboxylic acid groups (broad SMARTS) is 1. The van der Waals surface area contributed by atoms with E-state index in [1.165, 1.54) is 43.9 Å². The van der Waals surface area contributed by atoms with Crippen molar-refractivity contribution in [2.45, 2.75) is 38.0 Å². The van der Waals surface area contributed by atoms with Gasteiger partial charge in [0.1, 0.15) is 0 Å². The molecule has 0 bridgehead atoms. The van der Waals surface area contributed by atoms with Crippen LogP contribution in [-0.2, 0) is 0 Å². The summed E-state index contributed by atoms with van der Waals surface area (Å²) in [5.74, 6) is -0.251. The lowest BCUT2D eigenvalue weighted by Crippen LogP contribution is -2.04. The van der Waals surface area contributed by atoms with Gasteiger partial charge in [-0.2, -0.15) is 0 Å². The van der Waals surface area contributed by atoms with Crippen LogP contribution < -0.4 is 0 Å². The van der Waals surface area contributed by atoms with Crippen LogP contribution in [0.2, 0.25) is 0 Å². The number of aromatic carboxylic acids is 1. The molecular formula is C18H19NO2. The van der Waals surface area contributed by atoms with E-state index >= 15 is 0 Å². The molecule has 0 spiro atoms. The van der Waals surface area contributed by atoms with Crippen LogP contribution in [0.25, 0.3) is 11.1 Å². The zero-order chi connectivity index (χ0) is 14.7. The van der Waals surface area contributed by atoms with Gasteiger partial charge in [-0.3, -0.25) is 4.98 Å². The zero-order valence-corrected chi connectivity index (χ0v) is 12.0. The van der Waals surface area contributed by atoms with E-state index in [9.17, 15) is 4.79 Å². The van der Waals surface area contributed by atoms with Gasteiger partial charge >= 0.3 is 5.97 Å². The molecule has 2 aromatic rings. The Morgan fingerprint density at radius 1 is 1.00 bits per heavy atom. The molecule has 0 radical (unpaired) electrons. The molecule has 0 aliphatic heterocycles. The predicted molar refractivity (Wildman–Crippen MR) is 82.5 cm³/mol. The number of rotatable bonds is 3. The van der Waals surface area contributed by atoms with Crippen LogP contribution in [0.5, 0.6) is 0 Å². The lowest BCUT2D eigenvalue weighted by atomic mass is 9.84. The van der Waals surface area contributed by atoms with Crippen molar-refractivity contribution in [3.63, 3.8) is 0 Å². The van der Waals surface area contributed by atoms with E-state index in [0.29, 0.717) is 5.92 Å². The van der Waals surface area contributed by atoms with Gasteiger partial charge in [0, 0.05) is 18.0 Å². The lowest BCUT2D eigenvalue weighted by Gasteiger charge is -2.22. The van der Waals surface area contributed by atoms with Crippen molar-refractivity contribution in [3.05, 3.63) is 53.9 Å². The van der Waals surface area contributed by atoms with E-state index in [1.807, 2.05) is 0 Å². The molecule has 1 fully saturated rings. The second-order valence-corrected chi connectivity index (χ2v) is 5.72. The molecular weight excluding hydrogens is 262 g/mol. The molecule has 21 heavy (non-hydrogen) atoms. The van der Waals surface area contributed by atoms with Gasteiger partial charge in [-0.1, -0.05) is 43.5 Å².